The van der Waals surface area contributed by atoms with E-state index in [0.29, 0.717) is 58.8 Å². The summed E-state index contributed by atoms with van der Waals surface area (Å²) in [5, 5.41) is 79.5. The van der Waals surface area contributed by atoms with Crippen LogP contribution in [0.2, 0.25) is 0 Å². The molecular formula is C70H110N6O14. The number of β-amino-alcohol motifs (C(OH)–C–C–N with tert-alkyl or cyclic N) is 2. The van der Waals surface area contributed by atoms with Gasteiger partial charge in [0.2, 0.25) is 0 Å². The average Bonchev–Trinajstić information content (AvgIpc) is 1.58. The third-order valence-corrected chi connectivity index (χ3v) is 16.8. The number of carbonyl (C=O) groups is 4. The molecule has 6 fully saturated rings. The van der Waals surface area contributed by atoms with Crippen molar-refractivity contribution >= 4 is 23.5 Å². The van der Waals surface area contributed by atoms with Gasteiger partial charge in [-0.2, -0.15) is 0 Å². The molecule has 10 rings (SSSR count). The number of Topliss-reactive ketones (excluding diaryl/α,β-unsaturated/α-hetero) is 2. The van der Waals surface area contributed by atoms with E-state index < -0.39 is 11.8 Å². The molecule has 0 bridgehead atoms. The Morgan fingerprint density at radius 1 is 0.433 bits per heavy atom. The summed E-state index contributed by atoms with van der Waals surface area (Å²) in [4.78, 5) is 55.8. The lowest BCUT2D eigenvalue weighted by atomic mass is 9.94. The minimum absolute atomic E-state index is 0. The smallest absolute Gasteiger partial charge is 0.317 e. The molecule has 0 radical (unpaired) electrons. The summed E-state index contributed by atoms with van der Waals surface area (Å²) in [6.45, 7) is 16.6. The first-order valence-corrected chi connectivity index (χ1v) is 31.7. The second kappa shape index (κ2) is 45.0. The van der Waals surface area contributed by atoms with E-state index in [1.165, 1.54) is 22.3 Å². The highest BCUT2D eigenvalue weighted by atomic mass is 16.5. The fourth-order valence-corrected chi connectivity index (χ4v) is 11.4. The quantitative estimate of drug-likeness (QED) is 0.0556. The lowest BCUT2D eigenvalue weighted by molar-refractivity contribution is -0.155. The monoisotopic (exact) mass is 1260 g/mol. The van der Waals surface area contributed by atoms with Crippen LogP contribution < -0.4 is 10.6 Å². The molecule has 10 unspecified atom stereocenters. The molecule has 90 heavy (non-hydrogen) atoms. The van der Waals surface area contributed by atoms with Gasteiger partial charge in [0.1, 0.15) is 17.6 Å². The number of ether oxygens (including phenoxy) is 2. The van der Waals surface area contributed by atoms with Crippen LogP contribution in [0.3, 0.4) is 0 Å². The zero-order chi connectivity index (χ0) is 63.5. The number of aliphatic hydroxyl groups is 8. The molecule has 6 saturated heterocycles. The molecule has 20 nitrogen and oxygen atoms in total. The third kappa shape index (κ3) is 28.6. The van der Waals surface area contributed by atoms with Gasteiger partial charge in [0.05, 0.1) is 44.2 Å². The summed E-state index contributed by atoms with van der Waals surface area (Å²) < 4.78 is 9.89. The van der Waals surface area contributed by atoms with Crippen molar-refractivity contribution in [2.45, 2.75) is 118 Å². The molecule has 0 saturated carbocycles. The number of esters is 2. The molecule has 4 aromatic rings. The maximum Gasteiger partial charge on any atom is 0.317 e. The highest BCUT2D eigenvalue weighted by Crippen LogP contribution is 2.22. The molecule has 10 atom stereocenters. The van der Waals surface area contributed by atoms with Crippen LogP contribution in [-0.4, -0.2) is 227 Å². The van der Waals surface area contributed by atoms with Crippen LogP contribution in [0.25, 0.3) is 0 Å². The molecule has 0 spiro atoms. The lowest BCUT2D eigenvalue weighted by Crippen LogP contribution is -2.44. The van der Waals surface area contributed by atoms with Crippen LogP contribution in [0, 0.1) is 35.5 Å². The molecule has 6 heterocycles. The summed E-state index contributed by atoms with van der Waals surface area (Å²) in [7, 11) is 0. The predicted octanol–water partition coefficient (Wildman–Crippen LogP) is 4.18. The molecule has 0 amide bonds. The Hall–Kier alpha value is -5.40. The molecule has 504 valence electrons. The van der Waals surface area contributed by atoms with Crippen LogP contribution >= 0.6 is 0 Å². The maximum absolute atomic E-state index is 12.0. The minimum atomic E-state index is -0.614. The standard InChI is InChI=1S/2C15H19NO3.2C13H19NO2.2C6H13NO2.2CH4/c1-2-19-15(18)13-11-16(9-8-14(13)17)10-12-6-4-3-5-7-12;1-2-19-15(18)13-8-9-16(11-14(13)17)10-12-6-4-3-5-7-12;15-10-12-9-14(7-6-13(12)16)8-11-4-2-1-3-5-11;15-10-12-6-7-14(9-13(12)16)8-11-4-2-1-3-5-11;8-4-5-3-7-2-1-6(5)9;8-4-5-1-2-7-3-6(5)9;;/h2*3-7,13H,2,8-11H2,1H3;2*1-5,12-13,15-16H,6-10H2;2*5-9H,1-4H2;2*1H4. The van der Waals surface area contributed by atoms with E-state index in [-0.39, 0.29) is 113 Å². The number of likely N-dealkylation sites (tertiary alicyclic amines) is 4. The predicted molar refractivity (Wildman–Crippen MR) is 350 cm³/mol. The summed E-state index contributed by atoms with van der Waals surface area (Å²) in [6, 6.07) is 40.7. The number of nitrogens with zero attached hydrogens (tertiary/aromatic N) is 4. The second-order valence-corrected chi connectivity index (χ2v) is 23.5. The van der Waals surface area contributed by atoms with E-state index in [1.54, 1.807) is 13.8 Å². The molecule has 4 aromatic carbocycles. The van der Waals surface area contributed by atoms with Gasteiger partial charge in [0, 0.05) is 135 Å². The number of carbonyl (C=O) groups excluding carboxylic acids is 4. The Morgan fingerprint density at radius 2 is 0.844 bits per heavy atom. The molecule has 6 aliphatic rings. The number of benzene rings is 4. The Labute approximate surface area is 536 Å². The van der Waals surface area contributed by atoms with Crippen molar-refractivity contribution in [2.24, 2.45) is 35.5 Å². The van der Waals surface area contributed by atoms with Crippen molar-refractivity contribution in [1.29, 1.82) is 0 Å². The van der Waals surface area contributed by atoms with Crippen LogP contribution in [0.1, 0.15) is 89.5 Å². The molecule has 0 aromatic heterocycles. The first-order chi connectivity index (χ1) is 42.7. The van der Waals surface area contributed by atoms with Crippen molar-refractivity contribution in [2.75, 3.05) is 118 Å². The Bertz CT molecular complexity index is 2510. The summed E-state index contributed by atoms with van der Waals surface area (Å²) in [5.74, 6) is -1.72. The van der Waals surface area contributed by atoms with Gasteiger partial charge in [-0.25, -0.2) is 0 Å². The van der Waals surface area contributed by atoms with Gasteiger partial charge < -0.3 is 61.0 Å². The zero-order valence-corrected chi connectivity index (χ0v) is 51.9. The SMILES string of the molecule is C.C.CCOC(=O)C1CCN(Cc2ccccc2)CC1=O.CCOC(=O)C1CN(Cc2ccccc2)CCC1=O.OCC1CCN(Cc2ccccc2)CC1O.OCC1CCNCC1O.OCC1CN(Cc2ccccc2)CCC1O.OCC1CNCCC1O. The Balaban J connectivity index is 0.000000286. The number of ketones is 2. The second-order valence-electron chi connectivity index (χ2n) is 23.5. The lowest BCUT2D eigenvalue weighted by Gasteiger charge is -2.35. The average molecular weight is 1260 g/mol. The van der Waals surface area contributed by atoms with Gasteiger partial charge in [0.25, 0.3) is 0 Å². The molecule has 10 N–H and O–H groups in total. The first-order valence-electron chi connectivity index (χ1n) is 31.7. The van der Waals surface area contributed by atoms with Gasteiger partial charge in [-0.3, -0.25) is 38.8 Å². The van der Waals surface area contributed by atoms with Crippen molar-refractivity contribution in [3.63, 3.8) is 0 Å². The van der Waals surface area contributed by atoms with E-state index in [4.69, 9.17) is 40.1 Å². The fourth-order valence-electron chi connectivity index (χ4n) is 11.4. The largest absolute Gasteiger partial charge is 0.465 e. The highest BCUT2D eigenvalue weighted by molar-refractivity contribution is 6.00. The maximum atomic E-state index is 12.0. The van der Waals surface area contributed by atoms with Crippen LogP contribution in [0.15, 0.2) is 121 Å². The van der Waals surface area contributed by atoms with Gasteiger partial charge in [-0.1, -0.05) is 136 Å². The van der Waals surface area contributed by atoms with Crippen LogP contribution in [-0.2, 0) is 54.8 Å². The van der Waals surface area contributed by atoms with Gasteiger partial charge in [-0.05, 0) is 87.8 Å². The summed E-state index contributed by atoms with van der Waals surface area (Å²) >= 11 is 0. The molecule has 0 aliphatic carbocycles. The highest BCUT2D eigenvalue weighted by Gasteiger charge is 2.35. The number of piperidine rings is 6. The number of hydrogen-bond acceptors (Lipinski definition) is 20. The van der Waals surface area contributed by atoms with Gasteiger partial charge >= 0.3 is 11.9 Å². The van der Waals surface area contributed by atoms with E-state index in [1.807, 2.05) is 84.9 Å². The number of aliphatic hydroxyl groups excluding tert-OH is 8. The van der Waals surface area contributed by atoms with Crippen LogP contribution in [0.4, 0.5) is 0 Å². The number of hydrogen-bond donors (Lipinski definition) is 10. The van der Waals surface area contributed by atoms with E-state index in [9.17, 15) is 29.4 Å². The topological polar surface area (TPSA) is 286 Å². The third-order valence-electron chi connectivity index (χ3n) is 16.8. The van der Waals surface area contributed by atoms with E-state index in [0.717, 1.165) is 97.7 Å². The fraction of sp³-hybridized carbons (Fsp3) is 0.600. The first kappa shape index (κ1) is 78.8. The van der Waals surface area contributed by atoms with Gasteiger partial charge in [0.15, 0.2) is 5.78 Å². The van der Waals surface area contributed by atoms with E-state index >= 15 is 0 Å². The molecule has 20 heteroatoms. The van der Waals surface area contributed by atoms with Crippen molar-refractivity contribution in [1.82, 2.24) is 30.2 Å². The Kier molecular flexibility index (Phi) is 39.4. The van der Waals surface area contributed by atoms with Gasteiger partial charge in [-0.15, -0.1) is 0 Å². The number of rotatable bonds is 16. The summed E-state index contributed by atoms with van der Waals surface area (Å²) in [5.41, 5.74) is 4.94. The van der Waals surface area contributed by atoms with Crippen LogP contribution in [0.5, 0.6) is 0 Å². The molecule has 6 aliphatic heterocycles. The van der Waals surface area contributed by atoms with Crippen molar-refractivity contribution in [3.8, 4) is 0 Å². The minimum Gasteiger partial charge on any atom is -0.465 e. The van der Waals surface area contributed by atoms with Crippen molar-refractivity contribution < 1.29 is 69.5 Å². The van der Waals surface area contributed by atoms with Crippen molar-refractivity contribution in [3.05, 3.63) is 144 Å². The normalized spacial score (nSPS) is 25.4. The molecular weight excluding hydrogens is 1150 g/mol. The number of nitrogens with one attached hydrogen (secondary N) is 2. The Morgan fingerprint density at radius 3 is 1.28 bits per heavy atom. The zero-order valence-electron chi connectivity index (χ0n) is 51.9. The van der Waals surface area contributed by atoms with E-state index in [2.05, 4.69) is 66.6 Å². The summed E-state index contributed by atoms with van der Waals surface area (Å²) in [6.07, 6.45) is 2.92.